The number of nitrogens with two attached hydrogens (primary N) is 2. The predicted molar refractivity (Wildman–Crippen MR) is 68.4 cm³/mol. The summed E-state index contributed by atoms with van der Waals surface area (Å²) in [6.45, 7) is 0. The third-order valence-electron chi connectivity index (χ3n) is 2.06. The summed E-state index contributed by atoms with van der Waals surface area (Å²) in [7, 11) is 0. The molecule has 0 radical (unpaired) electrons. The molecular formula is C11H10N4O2S. The number of aromatic nitrogens is 2. The zero-order valence-corrected chi connectivity index (χ0v) is 10.0. The van der Waals surface area contributed by atoms with Crippen LogP contribution >= 0.6 is 11.8 Å². The van der Waals surface area contributed by atoms with Gasteiger partial charge in [-0.3, -0.25) is 0 Å². The highest BCUT2D eigenvalue weighted by molar-refractivity contribution is 7.99. The number of carboxylic acid groups (broad SMARTS) is 1. The molecule has 0 saturated heterocycles. The maximum atomic E-state index is 10.7. The summed E-state index contributed by atoms with van der Waals surface area (Å²) >= 11 is 1.26. The molecule has 2 rings (SSSR count). The summed E-state index contributed by atoms with van der Waals surface area (Å²) in [6, 6.07) is 7.85. The van der Waals surface area contributed by atoms with Crippen molar-refractivity contribution in [1.29, 1.82) is 0 Å². The van der Waals surface area contributed by atoms with E-state index in [-0.39, 0.29) is 5.56 Å². The van der Waals surface area contributed by atoms with Gasteiger partial charge in [0.2, 0.25) is 0 Å². The number of anilines is 2. The Morgan fingerprint density at radius 3 is 2.17 bits per heavy atom. The fourth-order valence-electron chi connectivity index (χ4n) is 1.28. The van der Waals surface area contributed by atoms with Gasteiger partial charge in [0.1, 0.15) is 11.6 Å². The van der Waals surface area contributed by atoms with Crippen LogP contribution in [0.3, 0.4) is 0 Å². The zero-order valence-electron chi connectivity index (χ0n) is 9.20. The zero-order chi connectivity index (χ0) is 13.1. The van der Waals surface area contributed by atoms with Crippen molar-refractivity contribution >= 4 is 29.4 Å². The lowest BCUT2D eigenvalue weighted by Gasteiger charge is -2.03. The molecule has 6 nitrogen and oxygen atoms in total. The normalized spacial score (nSPS) is 10.2. The number of aromatic carboxylic acids is 1. The number of nitrogen functional groups attached to an aromatic ring is 2. The fourth-order valence-corrected chi connectivity index (χ4v) is 2.06. The third-order valence-corrected chi connectivity index (χ3v) is 2.93. The summed E-state index contributed by atoms with van der Waals surface area (Å²) in [5, 5.41) is 9.20. The van der Waals surface area contributed by atoms with E-state index in [4.69, 9.17) is 16.6 Å². The Bertz CT molecular complexity index is 566. The molecule has 92 valence electrons. The van der Waals surface area contributed by atoms with E-state index < -0.39 is 5.97 Å². The minimum atomic E-state index is -0.962. The van der Waals surface area contributed by atoms with Gasteiger partial charge in [-0.05, 0) is 36.0 Å². The van der Waals surface area contributed by atoms with Gasteiger partial charge >= 0.3 is 5.97 Å². The van der Waals surface area contributed by atoms with Gasteiger partial charge in [-0.1, -0.05) is 0 Å². The Kier molecular flexibility index (Phi) is 3.33. The van der Waals surface area contributed by atoms with Crippen molar-refractivity contribution in [3.8, 4) is 0 Å². The van der Waals surface area contributed by atoms with Crippen LogP contribution in [-0.4, -0.2) is 21.0 Å². The second-order valence-corrected chi connectivity index (χ2v) is 4.47. The van der Waals surface area contributed by atoms with E-state index >= 15 is 0 Å². The maximum absolute atomic E-state index is 10.7. The number of benzene rings is 1. The smallest absolute Gasteiger partial charge is 0.335 e. The van der Waals surface area contributed by atoms with Crippen LogP contribution in [0.25, 0.3) is 0 Å². The van der Waals surface area contributed by atoms with Gasteiger partial charge in [0.05, 0.1) is 5.56 Å². The lowest BCUT2D eigenvalue weighted by atomic mass is 10.2. The molecule has 0 aliphatic heterocycles. The van der Waals surface area contributed by atoms with Crippen molar-refractivity contribution in [3.63, 3.8) is 0 Å². The molecule has 1 aromatic carbocycles. The molecular weight excluding hydrogens is 252 g/mol. The molecule has 0 unspecified atom stereocenters. The van der Waals surface area contributed by atoms with Crippen molar-refractivity contribution in [2.45, 2.75) is 10.1 Å². The Balaban J connectivity index is 2.20. The molecule has 0 fully saturated rings. The first-order chi connectivity index (χ1) is 8.54. The molecule has 0 amide bonds. The van der Waals surface area contributed by atoms with Crippen LogP contribution < -0.4 is 11.5 Å². The van der Waals surface area contributed by atoms with E-state index in [0.29, 0.717) is 16.8 Å². The molecule has 7 heteroatoms. The summed E-state index contributed by atoms with van der Waals surface area (Å²) in [6.07, 6.45) is 0. The largest absolute Gasteiger partial charge is 0.478 e. The van der Waals surface area contributed by atoms with Crippen LogP contribution in [0.1, 0.15) is 10.4 Å². The third kappa shape index (κ3) is 2.89. The fraction of sp³-hybridized carbons (Fsp3) is 0. The van der Waals surface area contributed by atoms with Crippen LogP contribution in [-0.2, 0) is 0 Å². The van der Waals surface area contributed by atoms with Crippen LogP contribution in [0.2, 0.25) is 0 Å². The number of hydrogen-bond acceptors (Lipinski definition) is 6. The first-order valence-electron chi connectivity index (χ1n) is 4.96. The average molecular weight is 262 g/mol. The molecule has 0 aliphatic carbocycles. The highest BCUT2D eigenvalue weighted by Crippen LogP contribution is 2.26. The van der Waals surface area contributed by atoms with Gasteiger partial charge in [0, 0.05) is 11.0 Å². The molecule has 0 saturated carbocycles. The molecule has 18 heavy (non-hydrogen) atoms. The van der Waals surface area contributed by atoms with Gasteiger partial charge in [0.25, 0.3) is 0 Å². The lowest BCUT2D eigenvalue weighted by molar-refractivity contribution is 0.0697. The van der Waals surface area contributed by atoms with Crippen LogP contribution in [0.15, 0.2) is 40.4 Å². The summed E-state index contributed by atoms with van der Waals surface area (Å²) in [5.41, 5.74) is 11.3. The molecule has 0 bridgehead atoms. The van der Waals surface area contributed by atoms with E-state index in [1.54, 1.807) is 12.1 Å². The molecule has 0 spiro atoms. The number of nitrogens with zero attached hydrogens (tertiary/aromatic N) is 2. The number of rotatable bonds is 3. The Labute approximate surface area is 107 Å². The van der Waals surface area contributed by atoms with E-state index in [2.05, 4.69) is 9.97 Å². The maximum Gasteiger partial charge on any atom is 0.335 e. The van der Waals surface area contributed by atoms with Gasteiger partial charge < -0.3 is 16.6 Å². The van der Waals surface area contributed by atoms with Crippen LogP contribution in [0, 0.1) is 0 Å². The second kappa shape index (κ2) is 4.92. The Morgan fingerprint density at radius 1 is 1.11 bits per heavy atom. The molecule has 5 N–H and O–H groups in total. The quantitative estimate of drug-likeness (QED) is 0.717. The highest BCUT2D eigenvalue weighted by atomic mass is 32.2. The SMILES string of the molecule is Nc1cc(N)nc(Sc2ccc(C(=O)O)cc2)n1. The van der Waals surface area contributed by atoms with E-state index in [0.717, 1.165) is 4.90 Å². The lowest BCUT2D eigenvalue weighted by Crippen LogP contribution is -1.99. The predicted octanol–water partition coefficient (Wildman–Crippen LogP) is 1.49. The van der Waals surface area contributed by atoms with E-state index in [1.165, 1.54) is 30.0 Å². The summed E-state index contributed by atoms with van der Waals surface area (Å²) in [4.78, 5) is 19.5. The van der Waals surface area contributed by atoms with Crippen LogP contribution in [0.4, 0.5) is 11.6 Å². The monoisotopic (exact) mass is 262 g/mol. The molecule has 0 aliphatic rings. The second-order valence-electron chi connectivity index (χ2n) is 3.43. The molecule has 1 aromatic heterocycles. The summed E-state index contributed by atoms with van der Waals surface area (Å²) in [5.74, 6) is -0.365. The first kappa shape index (κ1) is 12.2. The average Bonchev–Trinajstić information content (AvgIpc) is 2.28. The number of carbonyl (C=O) groups is 1. The van der Waals surface area contributed by atoms with E-state index in [9.17, 15) is 4.79 Å². The van der Waals surface area contributed by atoms with Gasteiger partial charge in [-0.25, -0.2) is 14.8 Å². The number of hydrogen-bond donors (Lipinski definition) is 3. The van der Waals surface area contributed by atoms with Crippen molar-refractivity contribution in [2.24, 2.45) is 0 Å². The standard InChI is InChI=1S/C11H10N4O2S/c12-8-5-9(13)15-11(14-8)18-7-3-1-6(2-4-7)10(16)17/h1-5H,(H,16,17)(H4,12,13,14,15). The molecule has 2 aromatic rings. The van der Waals surface area contributed by atoms with E-state index in [1.807, 2.05) is 0 Å². The highest BCUT2D eigenvalue weighted by Gasteiger charge is 2.05. The van der Waals surface area contributed by atoms with Gasteiger partial charge in [0.15, 0.2) is 5.16 Å². The van der Waals surface area contributed by atoms with Crippen molar-refractivity contribution < 1.29 is 9.90 Å². The Morgan fingerprint density at radius 2 is 1.67 bits per heavy atom. The van der Waals surface area contributed by atoms with Gasteiger partial charge in [-0.2, -0.15) is 0 Å². The Hall–Kier alpha value is -2.28. The first-order valence-corrected chi connectivity index (χ1v) is 5.77. The minimum absolute atomic E-state index is 0.229. The van der Waals surface area contributed by atoms with Crippen molar-refractivity contribution in [2.75, 3.05) is 11.5 Å². The summed E-state index contributed by atoms with van der Waals surface area (Å²) < 4.78 is 0. The molecule has 1 heterocycles. The number of carboxylic acids is 1. The van der Waals surface area contributed by atoms with Crippen LogP contribution in [0.5, 0.6) is 0 Å². The molecule has 0 atom stereocenters. The van der Waals surface area contributed by atoms with Gasteiger partial charge in [-0.15, -0.1) is 0 Å². The topological polar surface area (TPSA) is 115 Å². The van der Waals surface area contributed by atoms with Crippen molar-refractivity contribution in [3.05, 3.63) is 35.9 Å². The minimum Gasteiger partial charge on any atom is -0.478 e. The van der Waals surface area contributed by atoms with Crippen molar-refractivity contribution in [1.82, 2.24) is 9.97 Å².